The lowest BCUT2D eigenvalue weighted by Crippen LogP contribution is -2.39. The number of hydrogen-bond acceptors (Lipinski definition) is 6. The smallest absolute Gasteiger partial charge is 0.234 e. The van der Waals surface area contributed by atoms with Crippen molar-refractivity contribution in [2.75, 3.05) is 31.3 Å². The van der Waals surface area contributed by atoms with Crippen LogP contribution in [0.2, 0.25) is 0 Å². The Balaban J connectivity index is 1.92. The van der Waals surface area contributed by atoms with Crippen molar-refractivity contribution in [1.29, 1.82) is 0 Å². The summed E-state index contributed by atoms with van der Waals surface area (Å²) in [6.07, 6.45) is 1.68. The van der Waals surface area contributed by atoms with Gasteiger partial charge < -0.3 is 14.4 Å². The van der Waals surface area contributed by atoms with Gasteiger partial charge in [0.1, 0.15) is 18.6 Å². The number of nitrogens with zero attached hydrogens (tertiary/aromatic N) is 1. The van der Waals surface area contributed by atoms with Gasteiger partial charge in [0.05, 0.1) is 5.75 Å². The molecule has 1 aliphatic rings. The van der Waals surface area contributed by atoms with Crippen LogP contribution in [0.3, 0.4) is 0 Å². The molecule has 130 valence electrons. The molecule has 0 aromatic heterocycles. The maximum atomic E-state index is 12.2. The highest BCUT2D eigenvalue weighted by Crippen LogP contribution is 2.30. The van der Waals surface area contributed by atoms with Crippen molar-refractivity contribution >= 4 is 34.5 Å². The second-order valence-corrected chi connectivity index (χ2v) is 7.49. The van der Waals surface area contributed by atoms with E-state index in [-0.39, 0.29) is 22.1 Å². The minimum Gasteiger partial charge on any atom is -0.487 e. The summed E-state index contributed by atoms with van der Waals surface area (Å²) in [6, 6.07) is 7.44. The van der Waals surface area contributed by atoms with Crippen LogP contribution >= 0.6 is 23.5 Å². The number of carbonyl (C=O) groups excluding carboxylic acids is 2. The average Bonchev–Trinajstić information content (AvgIpc) is 3.05. The van der Waals surface area contributed by atoms with E-state index in [1.54, 1.807) is 22.7 Å². The third-order valence-electron chi connectivity index (χ3n) is 3.30. The summed E-state index contributed by atoms with van der Waals surface area (Å²) in [7, 11) is 0. The lowest BCUT2D eigenvalue weighted by molar-refractivity contribution is -0.129. The van der Waals surface area contributed by atoms with Gasteiger partial charge in [-0.1, -0.05) is 36.5 Å². The van der Waals surface area contributed by atoms with Crippen LogP contribution in [0.25, 0.3) is 0 Å². The van der Waals surface area contributed by atoms with Crippen molar-refractivity contribution in [1.82, 2.24) is 4.90 Å². The SMILES string of the molecule is C=CCOc1ccccc1OCC1SCCN1C(=O)CSC(C)=O. The molecule has 0 saturated carbocycles. The van der Waals surface area contributed by atoms with Crippen molar-refractivity contribution in [3.63, 3.8) is 0 Å². The minimum atomic E-state index is -0.0451. The number of amides is 1. The molecule has 7 heteroatoms. The number of rotatable bonds is 8. The topological polar surface area (TPSA) is 55.8 Å². The third kappa shape index (κ3) is 5.49. The van der Waals surface area contributed by atoms with Gasteiger partial charge in [-0.15, -0.1) is 11.8 Å². The summed E-state index contributed by atoms with van der Waals surface area (Å²) < 4.78 is 11.4. The standard InChI is InChI=1S/C17H21NO4S2/c1-3-9-21-14-6-4-5-7-15(14)22-11-17-18(8-10-23-17)16(20)12-24-13(2)19/h3-7,17H,1,8-12H2,2H3. The number of ether oxygens (including phenoxy) is 2. The molecule has 0 spiro atoms. The van der Waals surface area contributed by atoms with E-state index >= 15 is 0 Å². The number of benzene rings is 1. The first-order valence-corrected chi connectivity index (χ1v) is 9.65. The number of hydrogen-bond donors (Lipinski definition) is 0. The highest BCUT2D eigenvalue weighted by Gasteiger charge is 2.30. The molecule has 1 saturated heterocycles. The molecule has 1 heterocycles. The van der Waals surface area contributed by atoms with Crippen LogP contribution in [0.5, 0.6) is 11.5 Å². The Morgan fingerprint density at radius 2 is 2.08 bits per heavy atom. The van der Waals surface area contributed by atoms with E-state index in [0.29, 0.717) is 31.3 Å². The quantitative estimate of drug-likeness (QED) is 0.659. The van der Waals surface area contributed by atoms with Crippen LogP contribution in [-0.2, 0) is 9.59 Å². The summed E-state index contributed by atoms with van der Waals surface area (Å²) in [4.78, 5) is 25.0. The largest absolute Gasteiger partial charge is 0.487 e. The lowest BCUT2D eigenvalue weighted by atomic mass is 10.3. The molecule has 0 N–H and O–H groups in total. The van der Waals surface area contributed by atoms with E-state index in [0.717, 1.165) is 17.5 Å². The van der Waals surface area contributed by atoms with Gasteiger partial charge in [-0.3, -0.25) is 9.59 Å². The molecule has 1 unspecified atom stereocenters. The second kappa shape index (κ2) is 9.64. The first kappa shape index (κ1) is 18.7. The van der Waals surface area contributed by atoms with Gasteiger partial charge in [0.25, 0.3) is 0 Å². The zero-order valence-electron chi connectivity index (χ0n) is 13.6. The van der Waals surface area contributed by atoms with E-state index in [1.165, 1.54) is 6.92 Å². The molecular formula is C17H21NO4S2. The Hall–Kier alpha value is -1.60. The lowest BCUT2D eigenvalue weighted by Gasteiger charge is -2.24. The maximum absolute atomic E-state index is 12.2. The Morgan fingerprint density at radius 1 is 1.38 bits per heavy atom. The van der Waals surface area contributed by atoms with Gasteiger partial charge in [0.2, 0.25) is 5.91 Å². The summed E-state index contributed by atoms with van der Waals surface area (Å²) in [5, 5.41) is -0.0891. The molecule has 0 radical (unpaired) electrons. The van der Waals surface area contributed by atoms with Crippen LogP contribution in [0.4, 0.5) is 0 Å². The van der Waals surface area contributed by atoms with E-state index in [4.69, 9.17) is 9.47 Å². The number of thioether (sulfide) groups is 2. The molecule has 1 aliphatic heterocycles. The molecule has 1 aromatic carbocycles. The Bertz CT molecular complexity index is 594. The Morgan fingerprint density at radius 3 is 2.75 bits per heavy atom. The van der Waals surface area contributed by atoms with Crippen LogP contribution in [-0.4, -0.2) is 52.6 Å². The first-order chi connectivity index (χ1) is 11.6. The summed E-state index contributed by atoms with van der Waals surface area (Å²) >= 11 is 2.73. The number of para-hydroxylation sites is 2. The molecule has 0 bridgehead atoms. The van der Waals surface area contributed by atoms with E-state index in [2.05, 4.69) is 6.58 Å². The zero-order chi connectivity index (χ0) is 17.4. The van der Waals surface area contributed by atoms with E-state index < -0.39 is 0 Å². The highest BCUT2D eigenvalue weighted by atomic mass is 32.2. The maximum Gasteiger partial charge on any atom is 0.234 e. The van der Waals surface area contributed by atoms with Gasteiger partial charge >= 0.3 is 0 Å². The second-order valence-electron chi connectivity index (χ2n) is 5.05. The predicted octanol–water partition coefficient (Wildman–Crippen LogP) is 2.81. The fourth-order valence-electron chi connectivity index (χ4n) is 2.19. The Labute approximate surface area is 150 Å². The van der Waals surface area contributed by atoms with Crippen LogP contribution in [0, 0.1) is 0 Å². The van der Waals surface area contributed by atoms with Crippen molar-refractivity contribution in [3.05, 3.63) is 36.9 Å². The normalized spacial score (nSPS) is 16.7. The highest BCUT2D eigenvalue weighted by molar-refractivity contribution is 8.14. The summed E-state index contributed by atoms with van der Waals surface area (Å²) in [5.41, 5.74) is 0. The molecule has 1 amide bonds. The molecule has 1 atom stereocenters. The summed E-state index contributed by atoms with van der Waals surface area (Å²) in [5.74, 6) is 2.35. The molecule has 1 aromatic rings. The van der Waals surface area contributed by atoms with Gasteiger partial charge in [-0.2, -0.15) is 0 Å². The molecule has 2 rings (SSSR count). The molecular weight excluding hydrogens is 346 g/mol. The summed E-state index contributed by atoms with van der Waals surface area (Å²) in [6.45, 7) is 6.58. The van der Waals surface area contributed by atoms with Crippen molar-refractivity contribution in [2.45, 2.75) is 12.3 Å². The van der Waals surface area contributed by atoms with Crippen LogP contribution in [0.15, 0.2) is 36.9 Å². The van der Waals surface area contributed by atoms with Crippen LogP contribution in [0.1, 0.15) is 6.92 Å². The van der Waals surface area contributed by atoms with E-state index in [1.807, 2.05) is 24.3 Å². The van der Waals surface area contributed by atoms with E-state index in [9.17, 15) is 9.59 Å². The van der Waals surface area contributed by atoms with Crippen molar-refractivity contribution in [3.8, 4) is 11.5 Å². The fraction of sp³-hybridized carbons (Fsp3) is 0.412. The Kier molecular flexibility index (Phi) is 7.52. The zero-order valence-corrected chi connectivity index (χ0v) is 15.2. The van der Waals surface area contributed by atoms with Gasteiger partial charge in [-0.05, 0) is 12.1 Å². The van der Waals surface area contributed by atoms with Gasteiger partial charge in [0.15, 0.2) is 16.6 Å². The first-order valence-electron chi connectivity index (χ1n) is 7.61. The van der Waals surface area contributed by atoms with Crippen molar-refractivity contribution < 1.29 is 19.1 Å². The van der Waals surface area contributed by atoms with Crippen molar-refractivity contribution in [2.24, 2.45) is 0 Å². The molecule has 1 fully saturated rings. The van der Waals surface area contributed by atoms with Gasteiger partial charge in [0, 0.05) is 19.2 Å². The fourth-order valence-corrected chi connectivity index (χ4v) is 3.82. The van der Waals surface area contributed by atoms with Gasteiger partial charge in [-0.25, -0.2) is 0 Å². The molecule has 24 heavy (non-hydrogen) atoms. The predicted molar refractivity (Wildman–Crippen MR) is 98.7 cm³/mol. The monoisotopic (exact) mass is 367 g/mol. The molecule has 5 nitrogen and oxygen atoms in total. The molecule has 0 aliphatic carbocycles. The van der Waals surface area contributed by atoms with Crippen LogP contribution < -0.4 is 9.47 Å². The number of carbonyl (C=O) groups is 2. The average molecular weight is 367 g/mol. The minimum absolute atomic E-state index is 0.0232. The third-order valence-corrected chi connectivity index (χ3v) is 5.29.